The summed E-state index contributed by atoms with van der Waals surface area (Å²) >= 11 is 0. The van der Waals surface area contributed by atoms with Crippen LogP contribution in [0.25, 0.3) is 0 Å². The first-order valence-corrected chi connectivity index (χ1v) is 5.65. The van der Waals surface area contributed by atoms with Gasteiger partial charge < -0.3 is 10.2 Å². The molecule has 0 aliphatic heterocycles. The molecule has 0 saturated heterocycles. The SMILES string of the molecule is CC(C#N)S(=O)(=O)NCC[C@H](O)C(=O)O. The molecule has 0 aliphatic carbocycles. The summed E-state index contributed by atoms with van der Waals surface area (Å²) in [4.78, 5) is 10.2. The zero-order valence-electron chi connectivity index (χ0n) is 8.04. The Hall–Kier alpha value is -1.17. The van der Waals surface area contributed by atoms with Gasteiger partial charge in [-0.2, -0.15) is 5.26 Å². The van der Waals surface area contributed by atoms with Gasteiger partial charge in [0.05, 0.1) is 6.07 Å². The van der Waals surface area contributed by atoms with Crippen LogP contribution in [-0.4, -0.2) is 42.5 Å². The molecule has 3 N–H and O–H groups in total. The fraction of sp³-hybridized carbons (Fsp3) is 0.714. The van der Waals surface area contributed by atoms with Crippen LogP contribution in [0.15, 0.2) is 0 Å². The molecule has 0 aromatic heterocycles. The van der Waals surface area contributed by atoms with Gasteiger partial charge in [0, 0.05) is 6.54 Å². The molecular weight excluding hydrogens is 224 g/mol. The van der Waals surface area contributed by atoms with Gasteiger partial charge in [0.2, 0.25) is 10.0 Å². The van der Waals surface area contributed by atoms with Crippen LogP contribution >= 0.6 is 0 Å². The van der Waals surface area contributed by atoms with Crippen LogP contribution in [-0.2, 0) is 14.8 Å². The number of carboxylic acids is 1. The van der Waals surface area contributed by atoms with E-state index in [2.05, 4.69) is 0 Å². The molecule has 0 aromatic carbocycles. The molecule has 0 heterocycles. The summed E-state index contributed by atoms with van der Waals surface area (Å²) in [6, 6.07) is 1.54. The number of aliphatic carboxylic acids is 1. The first kappa shape index (κ1) is 13.8. The van der Waals surface area contributed by atoms with E-state index in [1.165, 1.54) is 13.0 Å². The van der Waals surface area contributed by atoms with Crippen molar-refractivity contribution >= 4 is 16.0 Å². The van der Waals surface area contributed by atoms with Gasteiger partial charge in [0.1, 0.15) is 0 Å². The van der Waals surface area contributed by atoms with Crippen LogP contribution < -0.4 is 4.72 Å². The number of carboxylic acid groups (broad SMARTS) is 1. The predicted molar refractivity (Wildman–Crippen MR) is 50.3 cm³/mol. The van der Waals surface area contributed by atoms with E-state index < -0.39 is 27.3 Å². The first-order chi connectivity index (χ1) is 6.81. The minimum absolute atomic E-state index is 0.220. The van der Waals surface area contributed by atoms with Gasteiger partial charge in [-0.05, 0) is 13.3 Å². The van der Waals surface area contributed by atoms with Crippen LogP contribution in [0.5, 0.6) is 0 Å². The molecule has 0 aliphatic rings. The minimum Gasteiger partial charge on any atom is -0.479 e. The third-order valence-electron chi connectivity index (χ3n) is 1.65. The highest BCUT2D eigenvalue weighted by Crippen LogP contribution is 1.97. The molecule has 0 bridgehead atoms. The molecule has 0 saturated carbocycles. The lowest BCUT2D eigenvalue weighted by Gasteiger charge is -2.08. The first-order valence-electron chi connectivity index (χ1n) is 4.10. The van der Waals surface area contributed by atoms with E-state index in [0.29, 0.717) is 0 Å². The minimum atomic E-state index is -3.75. The van der Waals surface area contributed by atoms with Crippen LogP contribution in [0.4, 0.5) is 0 Å². The lowest BCUT2D eigenvalue weighted by Crippen LogP contribution is -2.34. The van der Waals surface area contributed by atoms with Gasteiger partial charge in [-0.3, -0.25) is 0 Å². The second-order valence-electron chi connectivity index (χ2n) is 2.85. The fourth-order valence-electron chi connectivity index (χ4n) is 0.656. The van der Waals surface area contributed by atoms with Crippen molar-refractivity contribution in [2.24, 2.45) is 0 Å². The van der Waals surface area contributed by atoms with E-state index in [4.69, 9.17) is 15.5 Å². The lowest BCUT2D eigenvalue weighted by molar-refractivity contribution is -0.146. The number of nitrogens with one attached hydrogen (secondary N) is 1. The zero-order chi connectivity index (χ0) is 12.1. The average Bonchev–Trinajstić information content (AvgIpc) is 2.15. The maximum atomic E-state index is 11.2. The summed E-state index contributed by atoms with van der Waals surface area (Å²) in [5.41, 5.74) is 0. The van der Waals surface area contributed by atoms with Crippen molar-refractivity contribution in [3.8, 4) is 6.07 Å². The van der Waals surface area contributed by atoms with E-state index in [1.54, 1.807) is 0 Å². The van der Waals surface area contributed by atoms with Gasteiger partial charge in [-0.25, -0.2) is 17.9 Å². The largest absolute Gasteiger partial charge is 0.479 e. The predicted octanol–water partition coefficient (Wildman–Crippen LogP) is -1.35. The third-order valence-corrected chi connectivity index (χ3v) is 3.30. The summed E-state index contributed by atoms with van der Waals surface area (Å²) < 4.78 is 24.3. The number of rotatable bonds is 6. The molecule has 0 rings (SSSR count). The lowest BCUT2D eigenvalue weighted by atomic mass is 10.3. The number of carbonyl (C=O) groups is 1. The van der Waals surface area contributed by atoms with Crippen molar-refractivity contribution in [1.29, 1.82) is 5.26 Å². The Morgan fingerprint density at radius 2 is 2.13 bits per heavy atom. The summed E-state index contributed by atoms with van der Waals surface area (Å²) in [6.07, 6.45) is -1.85. The maximum absolute atomic E-state index is 11.2. The van der Waals surface area contributed by atoms with E-state index in [9.17, 15) is 13.2 Å². The highest BCUT2D eigenvalue weighted by atomic mass is 32.2. The number of hydrogen-bond acceptors (Lipinski definition) is 5. The van der Waals surface area contributed by atoms with E-state index in [1.807, 2.05) is 4.72 Å². The Kier molecular flexibility index (Phi) is 5.21. The van der Waals surface area contributed by atoms with Crippen LogP contribution in [0.2, 0.25) is 0 Å². The highest BCUT2D eigenvalue weighted by Gasteiger charge is 2.20. The van der Waals surface area contributed by atoms with E-state index >= 15 is 0 Å². The van der Waals surface area contributed by atoms with Crippen molar-refractivity contribution in [3.05, 3.63) is 0 Å². The monoisotopic (exact) mass is 236 g/mol. The Labute approximate surface area is 87.4 Å². The van der Waals surface area contributed by atoms with Crippen LogP contribution in [0.1, 0.15) is 13.3 Å². The molecule has 8 heteroatoms. The molecule has 86 valence electrons. The molecule has 1 unspecified atom stereocenters. The number of sulfonamides is 1. The molecule has 7 nitrogen and oxygen atoms in total. The number of nitriles is 1. The molecular formula is C7H12N2O5S. The van der Waals surface area contributed by atoms with Gasteiger partial charge in [-0.15, -0.1) is 0 Å². The molecule has 0 radical (unpaired) electrons. The Bertz CT molecular complexity index is 358. The van der Waals surface area contributed by atoms with Crippen molar-refractivity contribution in [1.82, 2.24) is 4.72 Å². The number of aliphatic hydroxyl groups excluding tert-OH is 1. The van der Waals surface area contributed by atoms with Crippen molar-refractivity contribution in [2.75, 3.05) is 6.54 Å². The Balaban J connectivity index is 4.09. The summed E-state index contributed by atoms with van der Waals surface area (Å²) in [6.45, 7) is 0.984. The second kappa shape index (κ2) is 5.65. The van der Waals surface area contributed by atoms with Crippen molar-refractivity contribution in [2.45, 2.75) is 24.7 Å². The third kappa shape index (κ3) is 4.73. The molecule has 0 spiro atoms. The Morgan fingerprint density at radius 3 is 2.53 bits per heavy atom. The molecule has 2 atom stereocenters. The van der Waals surface area contributed by atoms with E-state index in [0.717, 1.165) is 0 Å². The normalized spacial score (nSPS) is 15.3. The summed E-state index contributed by atoms with van der Waals surface area (Å²) in [5, 5.41) is 24.3. The second-order valence-corrected chi connectivity index (χ2v) is 4.94. The fourth-order valence-corrected chi connectivity index (χ4v) is 1.45. The van der Waals surface area contributed by atoms with Gasteiger partial charge >= 0.3 is 5.97 Å². The van der Waals surface area contributed by atoms with Gasteiger partial charge in [0.25, 0.3) is 0 Å². The number of aliphatic hydroxyl groups is 1. The molecule has 0 fully saturated rings. The average molecular weight is 236 g/mol. The maximum Gasteiger partial charge on any atom is 0.332 e. The Morgan fingerprint density at radius 1 is 1.60 bits per heavy atom. The van der Waals surface area contributed by atoms with Crippen LogP contribution in [0, 0.1) is 11.3 Å². The molecule has 0 amide bonds. The van der Waals surface area contributed by atoms with Gasteiger partial charge in [-0.1, -0.05) is 0 Å². The molecule has 0 aromatic rings. The topological polar surface area (TPSA) is 127 Å². The van der Waals surface area contributed by atoms with E-state index in [-0.39, 0.29) is 13.0 Å². The summed E-state index contributed by atoms with van der Waals surface area (Å²) in [7, 11) is -3.75. The van der Waals surface area contributed by atoms with Crippen molar-refractivity contribution < 1.29 is 23.4 Å². The van der Waals surface area contributed by atoms with Crippen LogP contribution in [0.3, 0.4) is 0 Å². The summed E-state index contributed by atoms with van der Waals surface area (Å²) in [5.74, 6) is -1.41. The molecule has 15 heavy (non-hydrogen) atoms. The standard InChI is InChI=1S/C7H12N2O5S/c1-5(4-8)15(13,14)9-3-2-6(10)7(11)12/h5-6,9-10H,2-3H2,1H3,(H,11,12)/t5?,6-/m0/s1. The van der Waals surface area contributed by atoms with Crippen molar-refractivity contribution in [3.63, 3.8) is 0 Å². The zero-order valence-corrected chi connectivity index (χ0v) is 8.86. The highest BCUT2D eigenvalue weighted by molar-refractivity contribution is 7.90. The quantitative estimate of drug-likeness (QED) is 0.523. The number of hydrogen-bond donors (Lipinski definition) is 3. The smallest absolute Gasteiger partial charge is 0.332 e. The number of nitrogens with zero attached hydrogens (tertiary/aromatic N) is 1. The van der Waals surface area contributed by atoms with Gasteiger partial charge in [0.15, 0.2) is 11.4 Å².